The molecule has 42 heavy (non-hydrogen) atoms. The molecule has 0 bridgehead atoms. The Hall–Kier alpha value is -3.48. The third kappa shape index (κ3) is 7.29. The normalized spacial score (nSPS) is 20.5. The minimum absolute atomic E-state index is 0.00944. The number of amidine groups is 1. The van der Waals surface area contributed by atoms with Crippen molar-refractivity contribution in [2.24, 2.45) is 11.7 Å². The van der Waals surface area contributed by atoms with Gasteiger partial charge in [-0.15, -0.1) is 11.3 Å². The van der Waals surface area contributed by atoms with E-state index in [-0.39, 0.29) is 61.4 Å². The van der Waals surface area contributed by atoms with E-state index in [4.69, 9.17) is 25.4 Å². The highest BCUT2D eigenvalue weighted by atomic mass is 32.1. The standard InChI is InChI=1S/C30H39N5O6S/c31-28(32)21-15-24(42-18-21)27(20-7-4-5-8-20)34-29(38)23-16-30(40-13-14-41-30)19-35(23)26(37)17-33-25(36)11-6-12-39-22-9-2-1-3-10-22/h1-3,9-10,15,18,20,23,27H,4-8,11-14,16-17,19H2,(H3,31,32)(H,33,36)(H,34,38)/t23-,27?/m0/s1. The number of carbonyl (C=O) groups is 3. The Kier molecular flexibility index (Phi) is 9.76. The Bertz CT molecular complexity index is 1260. The van der Waals surface area contributed by atoms with Gasteiger partial charge in [0.1, 0.15) is 17.6 Å². The van der Waals surface area contributed by atoms with E-state index in [9.17, 15) is 14.4 Å². The van der Waals surface area contributed by atoms with Crippen LogP contribution in [0.1, 0.15) is 61.4 Å². The Morgan fingerprint density at radius 1 is 1.17 bits per heavy atom. The summed E-state index contributed by atoms with van der Waals surface area (Å²) in [4.78, 5) is 42.1. The molecule has 1 spiro atoms. The molecular formula is C30H39N5O6S. The average Bonchev–Trinajstić information content (AvgIpc) is 3.82. The van der Waals surface area contributed by atoms with Gasteiger partial charge in [0.25, 0.3) is 0 Å². The molecule has 5 N–H and O–H groups in total. The summed E-state index contributed by atoms with van der Waals surface area (Å²) in [5.74, 6) is -0.940. The highest BCUT2D eigenvalue weighted by molar-refractivity contribution is 7.10. The summed E-state index contributed by atoms with van der Waals surface area (Å²) in [6.45, 7) is 1.07. The van der Waals surface area contributed by atoms with Crippen LogP contribution in [-0.2, 0) is 23.9 Å². The second kappa shape index (κ2) is 13.7. The number of carbonyl (C=O) groups excluding carboxylic acids is 3. The molecule has 2 aromatic rings. The van der Waals surface area contributed by atoms with Gasteiger partial charge in [-0.2, -0.15) is 0 Å². The van der Waals surface area contributed by atoms with Gasteiger partial charge < -0.3 is 35.5 Å². The lowest BCUT2D eigenvalue weighted by atomic mass is 9.95. The lowest BCUT2D eigenvalue weighted by molar-refractivity contribution is -0.152. The third-order valence-corrected chi connectivity index (χ3v) is 9.15. The molecule has 2 saturated heterocycles. The number of hydrogen-bond acceptors (Lipinski definition) is 8. The van der Waals surface area contributed by atoms with Crippen molar-refractivity contribution in [1.29, 1.82) is 5.41 Å². The molecule has 1 saturated carbocycles. The van der Waals surface area contributed by atoms with Crippen LogP contribution in [0, 0.1) is 11.3 Å². The van der Waals surface area contributed by atoms with Crippen LogP contribution in [0.25, 0.3) is 0 Å². The molecule has 2 atom stereocenters. The Morgan fingerprint density at radius 3 is 2.60 bits per heavy atom. The predicted octanol–water partition coefficient (Wildman–Crippen LogP) is 2.70. The molecule has 3 fully saturated rings. The first-order valence-electron chi connectivity index (χ1n) is 14.6. The van der Waals surface area contributed by atoms with Gasteiger partial charge in [-0.1, -0.05) is 31.0 Å². The molecule has 226 valence electrons. The van der Waals surface area contributed by atoms with Gasteiger partial charge in [0, 0.05) is 28.7 Å². The third-order valence-electron chi connectivity index (χ3n) is 8.13. The smallest absolute Gasteiger partial charge is 0.243 e. The number of rotatable bonds is 12. The fourth-order valence-electron chi connectivity index (χ4n) is 5.96. The number of likely N-dealkylation sites (tertiary alicyclic amines) is 1. The molecule has 12 heteroatoms. The number of thiophene rings is 1. The summed E-state index contributed by atoms with van der Waals surface area (Å²) >= 11 is 1.48. The van der Waals surface area contributed by atoms with Gasteiger partial charge in [-0.05, 0) is 43.4 Å². The molecule has 11 nitrogen and oxygen atoms in total. The number of hydrogen-bond donors (Lipinski definition) is 4. The Morgan fingerprint density at radius 2 is 1.90 bits per heavy atom. The van der Waals surface area contributed by atoms with Crippen molar-refractivity contribution in [1.82, 2.24) is 15.5 Å². The predicted molar refractivity (Wildman–Crippen MR) is 157 cm³/mol. The van der Waals surface area contributed by atoms with Gasteiger partial charge >= 0.3 is 0 Å². The number of amides is 3. The zero-order valence-electron chi connectivity index (χ0n) is 23.6. The summed E-state index contributed by atoms with van der Waals surface area (Å²) in [7, 11) is 0. The second-order valence-electron chi connectivity index (χ2n) is 11.1. The zero-order chi connectivity index (χ0) is 29.5. The fourth-order valence-corrected chi connectivity index (χ4v) is 7.01. The van der Waals surface area contributed by atoms with Crippen LogP contribution in [0.4, 0.5) is 0 Å². The first-order valence-corrected chi connectivity index (χ1v) is 15.5. The van der Waals surface area contributed by atoms with Crippen molar-refractivity contribution >= 4 is 34.9 Å². The maximum Gasteiger partial charge on any atom is 0.243 e. The number of benzene rings is 1. The lowest BCUT2D eigenvalue weighted by Gasteiger charge is -2.28. The van der Waals surface area contributed by atoms with Crippen molar-refractivity contribution in [3.63, 3.8) is 0 Å². The SMILES string of the molecule is N=C(N)c1csc(C(NC(=O)[C@@H]2CC3(CN2C(=O)CNC(=O)CCCOc2ccccc2)OCCO3)C2CCCC2)c1. The van der Waals surface area contributed by atoms with Gasteiger partial charge in [0.2, 0.25) is 17.7 Å². The highest BCUT2D eigenvalue weighted by Gasteiger charge is 2.52. The molecule has 3 aliphatic rings. The number of nitrogens with one attached hydrogen (secondary N) is 3. The quantitative estimate of drug-likeness (QED) is 0.167. The molecule has 3 heterocycles. The van der Waals surface area contributed by atoms with Crippen LogP contribution in [0.15, 0.2) is 41.8 Å². The van der Waals surface area contributed by atoms with E-state index in [2.05, 4.69) is 10.6 Å². The van der Waals surface area contributed by atoms with Crippen LogP contribution in [0.5, 0.6) is 5.75 Å². The summed E-state index contributed by atoms with van der Waals surface area (Å²) in [5, 5.41) is 15.5. The molecule has 0 radical (unpaired) electrons. The minimum atomic E-state index is -1.02. The fraction of sp³-hybridized carbons (Fsp3) is 0.533. The lowest BCUT2D eigenvalue weighted by Crippen LogP contribution is -2.50. The van der Waals surface area contributed by atoms with E-state index in [1.807, 2.05) is 41.8 Å². The van der Waals surface area contributed by atoms with Crippen LogP contribution in [0.2, 0.25) is 0 Å². The first-order chi connectivity index (χ1) is 20.3. The number of nitrogens with two attached hydrogens (primary N) is 1. The van der Waals surface area contributed by atoms with E-state index < -0.39 is 11.8 Å². The van der Waals surface area contributed by atoms with E-state index in [0.717, 1.165) is 36.3 Å². The summed E-state index contributed by atoms with van der Waals surface area (Å²) in [5.41, 5.74) is 6.34. The van der Waals surface area contributed by atoms with Gasteiger partial charge in [0.05, 0.1) is 39.0 Å². The summed E-state index contributed by atoms with van der Waals surface area (Å²) in [6.07, 6.45) is 5.11. The van der Waals surface area contributed by atoms with Gasteiger partial charge in [-0.25, -0.2) is 0 Å². The first kappa shape index (κ1) is 30.0. The molecule has 2 aliphatic heterocycles. The molecule has 1 aromatic carbocycles. The van der Waals surface area contributed by atoms with Crippen molar-refractivity contribution in [3.05, 3.63) is 52.2 Å². The monoisotopic (exact) mass is 597 g/mol. The largest absolute Gasteiger partial charge is 0.494 e. The molecule has 3 amide bonds. The van der Waals surface area contributed by atoms with Crippen molar-refractivity contribution in [3.8, 4) is 5.75 Å². The molecule has 5 rings (SSSR count). The molecule has 1 unspecified atom stereocenters. The van der Waals surface area contributed by atoms with E-state index in [1.165, 1.54) is 16.2 Å². The number of ether oxygens (including phenoxy) is 3. The summed E-state index contributed by atoms with van der Waals surface area (Å²) in [6, 6.07) is 10.2. The zero-order valence-corrected chi connectivity index (χ0v) is 24.5. The van der Waals surface area contributed by atoms with E-state index >= 15 is 0 Å². The van der Waals surface area contributed by atoms with Gasteiger partial charge in [-0.3, -0.25) is 19.8 Å². The Balaban J connectivity index is 1.20. The maximum atomic E-state index is 13.8. The van der Waals surface area contributed by atoms with Crippen molar-refractivity contribution in [2.75, 3.05) is 32.9 Å². The number of nitrogen functional groups attached to an aromatic ring is 1. The van der Waals surface area contributed by atoms with E-state index in [0.29, 0.717) is 31.8 Å². The van der Waals surface area contributed by atoms with Crippen LogP contribution < -0.4 is 21.1 Å². The van der Waals surface area contributed by atoms with Crippen molar-refractivity contribution < 1.29 is 28.6 Å². The summed E-state index contributed by atoms with van der Waals surface area (Å²) < 4.78 is 17.4. The minimum Gasteiger partial charge on any atom is -0.494 e. The van der Waals surface area contributed by atoms with Crippen LogP contribution in [-0.4, -0.2) is 73.2 Å². The molecule has 1 aromatic heterocycles. The Labute approximate surface area is 249 Å². The average molecular weight is 598 g/mol. The number of nitrogens with zero attached hydrogens (tertiary/aromatic N) is 1. The van der Waals surface area contributed by atoms with Crippen LogP contribution >= 0.6 is 11.3 Å². The number of para-hydroxylation sites is 1. The highest BCUT2D eigenvalue weighted by Crippen LogP contribution is 2.39. The topological polar surface area (TPSA) is 156 Å². The molecular weight excluding hydrogens is 558 g/mol. The van der Waals surface area contributed by atoms with Gasteiger partial charge in [0.15, 0.2) is 5.79 Å². The second-order valence-corrected chi connectivity index (χ2v) is 12.0. The van der Waals surface area contributed by atoms with Crippen LogP contribution in [0.3, 0.4) is 0 Å². The van der Waals surface area contributed by atoms with Crippen molar-refractivity contribution in [2.45, 2.75) is 62.8 Å². The molecule has 1 aliphatic carbocycles. The maximum absolute atomic E-state index is 13.8. The van der Waals surface area contributed by atoms with E-state index in [1.54, 1.807) is 0 Å².